The molecule has 0 bridgehead atoms. The molecule has 1 aliphatic rings. The Morgan fingerprint density at radius 2 is 1.63 bits per heavy atom. The molecule has 19 heavy (non-hydrogen) atoms. The van der Waals surface area contributed by atoms with E-state index in [2.05, 4.69) is 6.07 Å². The topological polar surface area (TPSA) is 34.1 Å². The summed E-state index contributed by atoms with van der Waals surface area (Å²) >= 11 is 0. The number of hydrogen-bond donors (Lipinski definition) is 0. The number of Topliss-reactive ketones (excluding diaryl/α,β-unsaturated/α-hetero) is 2. The van der Waals surface area contributed by atoms with Crippen LogP contribution in [-0.4, -0.2) is 11.6 Å². The Bertz CT molecular complexity index is 904. The normalized spacial score (nSPS) is 13.7. The highest BCUT2D eigenvalue weighted by Crippen LogP contribution is 2.37. The summed E-state index contributed by atoms with van der Waals surface area (Å²) in [4.78, 5) is 24.3. The van der Waals surface area contributed by atoms with Crippen LogP contribution in [0.4, 0.5) is 0 Å². The van der Waals surface area contributed by atoms with Crippen LogP contribution in [0.5, 0.6) is 0 Å². The second kappa shape index (κ2) is 3.29. The van der Waals surface area contributed by atoms with Gasteiger partial charge >= 0.3 is 0 Å². The first-order valence-corrected chi connectivity index (χ1v) is 6.22. The van der Waals surface area contributed by atoms with Gasteiger partial charge < -0.3 is 0 Å². The Labute approximate surface area is 109 Å². The van der Waals surface area contributed by atoms with Gasteiger partial charge in [0.05, 0.1) is 0 Å². The van der Waals surface area contributed by atoms with Crippen molar-refractivity contribution in [1.82, 2.24) is 0 Å². The standard InChI is InChI=1S/C17H10O2/c1-9-6-7-12-14-13(9)8-10-4-2-3-5-11(10)15(14)17(19)16(12)18/h2-8H,1H3. The van der Waals surface area contributed by atoms with Gasteiger partial charge in [0.1, 0.15) is 0 Å². The monoisotopic (exact) mass is 246 g/mol. The largest absolute Gasteiger partial charge is 0.285 e. The molecule has 3 aromatic carbocycles. The van der Waals surface area contributed by atoms with Crippen molar-refractivity contribution in [2.75, 3.05) is 0 Å². The van der Waals surface area contributed by atoms with E-state index in [1.165, 1.54) is 0 Å². The number of benzene rings is 3. The van der Waals surface area contributed by atoms with Crippen LogP contribution >= 0.6 is 0 Å². The third-order valence-corrected chi connectivity index (χ3v) is 3.92. The van der Waals surface area contributed by atoms with Gasteiger partial charge in [-0.1, -0.05) is 30.3 Å². The molecule has 0 unspecified atom stereocenters. The van der Waals surface area contributed by atoms with Gasteiger partial charge in [-0.2, -0.15) is 0 Å². The number of ketones is 2. The fourth-order valence-corrected chi connectivity index (χ4v) is 2.98. The molecule has 0 spiro atoms. The smallest absolute Gasteiger partial charge is 0.234 e. The fourth-order valence-electron chi connectivity index (χ4n) is 2.98. The van der Waals surface area contributed by atoms with E-state index < -0.39 is 0 Å². The molecule has 0 N–H and O–H groups in total. The van der Waals surface area contributed by atoms with E-state index in [0.29, 0.717) is 11.1 Å². The third-order valence-electron chi connectivity index (χ3n) is 3.92. The van der Waals surface area contributed by atoms with Crippen molar-refractivity contribution >= 4 is 33.1 Å². The van der Waals surface area contributed by atoms with Crippen LogP contribution in [0.2, 0.25) is 0 Å². The Hall–Kier alpha value is -2.48. The summed E-state index contributed by atoms with van der Waals surface area (Å²) in [6, 6.07) is 13.5. The molecule has 2 heteroatoms. The van der Waals surface area contributed by atoms with Crippen LogP contribution in [0, 0.1) is 6.92 Å². The Morgan fingerprint density at radius 3 is 2.47 bits per heavy atom. The fraction of sp³-hybridized carbons (Fsp3) is 0.0588. The zero-order chi connectivity index (χ0) is 13.1. The molecule has 0 fully saturated rings. The zero-order valence-electron chi connectivity index (χ0n) is 10.4. The average molecular weight is 246 g/mol. The van der Waals surface area contributed by atoms with E-state index in [4.69, 9.17) is 0 Å². The number of rotatable bonds is 0. The Kier molecular flexibility index (Phi) is 1.81. The minimum absolute atomic E-state index is 0.373. The summed E-state index contributed by atoms with van der Waals surface area (Å²) in [6.07, 6.45) is 0. The lowest BCUT2D eigenvalue weighted by Crippen LogP contribution is -2.06. The molecule has 0 heterocycles. The summed E-state index contributed by atoms with van der Waals surface area (Å²) in [5.41, 5.74) is 2.22. The zero-order valence-corrected chi connectivity index (χ0v) is 10.4. The second-order valence-electron chi connectivity index (χ2n) is 4.98. The van der Waals surface area contributed by atoms with E-state index in [-0.39, 0.29) is 11.6 Å². The molecule has 0 radical (unpaired) electrons. The third kappa shape index (κ3) is 1.16. The molecule has 0 saturated heterocycles. The van der Waals surface area contributed by atoms with E-state index >= 15 is 0 Å². The lowest BCUT2D eigenvalue weighted by Gasteiger charge is -2.07. The highest BCUT2D eigenvalue weighted by Gasteiger charge is 2.32. The molecule has 4 rings (SSSR count). The first kappa shape index (κ1) is 10.4. The molecule has 2 nitrogen and oxygen atoms in total. The van der Waals surface area contributed by atoms with E-state index in [0.717, 1.165) is 27.1 Å². The number of carbonyl (C=O) groups is 2. The summed E-state index contributed by atoms with van der Waals surface area (Å²) < 4.78 is 0. The predicted molar refractivity (Wildman–Crippen MR) is 74.9 cm³/mol. The SMILES string of the molecule is Cc1ccc2c3c(c4ccccc4cc13)C(=O)C2=O. The summed E-state index contributed by atoms with van der Waals surface area (Å²) in [6.45, 7) is 2.00. The van der Waals surface area contributed by atoms with Gasteiger partial charge in [0.25, 0.3) is 0 Å². The van der Waals surface area contributed by atoms with E-state index in [1.54, 1.807) is 6.07 Å². The quantitative estimate of drug-likeness (QED) is 0.448. The van der Waals surface area contributed by atoms with Gasteiger partial charge in [-0.15, -0.1) is 0 Å². The van der Waals surface area contributed by atoms with Crippen LogP contribution in [0.1, 0.15) is 26.3 Å². The molecular formula is C17H10O2. The summed E-state index contributed by atoms with van der Waals surface area (Å²) in [7, 11) is 0. The summed E-state index contributed by atoms with van der Waals surface area (Å²) in [5, 5.41) is 3.71. The lowest BCUT2D eigenvalue weighted by atomic mass is 9.95. The molecule has 0 atom stereocenters. The molecule has 90 valence electrons. The molecule has 0 saturated carbocycles. The van der Waals surface area contributed by atoms with E-state index in [9.17, 15) is 9.59 Å². The first-order chi connectivity index (χ1) is 9.18. The Morgan fingerprint density at radius 1 is 0.842 bits per heavy atom. The van der Waals surface area contributed by atoms with Crippen molar-refractivity contribution < 1.29 is 9.59 Å². The average Bonchev–Trinajstić information content (AvgIpc) is 2.69. The van der Waals surface area contributed by atoms with Crippen molar-refractivity contribution in [3.05, 3.63) is 59.2 Å². The highest BCUT2D eigenvalue weighted by molar-refractivity contribution is 6.59. The molecular weight excluding hydrogens is 236 g/mol. The minimum Gasteiger partial charge on any atom is -0.285 e. The molecule has 0 aromatic heterocycles. The maximum absolute atomic E-state index is 12.3. The maximum atomic E-state index is 12.3. The van der Waals surface area contributed by atoms with Crippen molar-refractivity contribution in [3.63, 3.8) is 0 Å². The maximum Gasteiger partial charge on any atom is 0.234 e. The van der Waals surface area contributed by atoms with Gasteiger partial charge in [0.15, 0.2) is 0 Å². The van der Waals surface area contributed by atoms with Crippen LogP contribution < -0.4 is 0 Å². The molecule has 3 aromatic rings. The van der Waals surface area contributed by atoms with Gasteiger partial charge in [-0.05, 0) is 40.8 Å². The molecule has 1 aliphatic carbocycles. The second-order valence-corrected chi connectivity index (χ2v) is 4.98. The van der Waals surface area contributed by atoms with Gasteiger partial charge in [-0.3, -0.25) is 9.59 Å². The van der Waals surface area contributed by atoms with Gasteiger partial charge in [0, 0.05) is 16.5 Å². The van der Waals surface area contributed by atoms with Crippen LogP contribution in [0.25, 0.3) is 21.5 Å². The predicted octanol–water partition coefficient (Wildman–Crippen LogP) is 3.68. The van der Waals surface area contributed by atoms with Crippen LogP contribution in [0.3, 0.4) is 0 Å². The number of carbonyl (C=O) groups excluding carboxylic acids is 2. The van der Waals surface area contributed by atoms with Crippen molar-refractivity contribution in [2.45, 2.75) is 6.92 Å². The van der Waals surface area contributed by atoms with Crippen LogP contribution in [-0.2, 0) is 0 Å². The summed E-state index contributed by atoms with van der Waals surface area (Å²) in [5.74, 6) is -0.751. The van der Waals surface area contributed by atoms with E-state index in [1.807, 2.05) is 37.3 Å². The van der Waals surface area contributed by atoms with Gasteiger partial charge in [0.2, 0.25) is 11.6 Å². The van der Waals surface area contributed by atoms with Gasteiger partial charge in [-0.25, -0.2) is 0 Å². The number of fused-ring (bicyclic) bond motifs is 2. The Balaban J connectivity index is 2.39. The number of hydrogen-bond acceptors (Lipinski definition) is 2. The minimum atomic E-state index is -0.378. The van der Waals surface area contributed by atoms with Crippen molar-refractivity contribution in [3.8, 4) is 0 Å². The molecule has 0 aliphatic heterocycles. The number of aryl methyl sites for hydroxylation is 1. The van der Waals surface area contributed by atoms with Crippen molar-refractivity contribution in [2.24, 2.45) is 0 Å². The van der Waals surface area contributed by atoms with Crippen LogP contribution in [0.15, 0.2) is 42.5 Å². The van der Waals surface area contributed by atoms with Crippen molar-refractivity contribution in [1.29, 1.82) is 0 Å². The molecule has 0 amide bonds. The lowest BCUT2D eigenvalue weighted by molar-refractivity contribution is 0.0826. The first-order valence-electron chi connectivity index (χ1n) is 6.22. The highest BCUT2D eigenvalue weighted by atomic mass is 16.2.